The van der Waals surface area contributed by atoms with E-state index in [1.165, 1.54) is 81.6 Å². The van der Waals surface area contributed by atoms with Gasteiger partial charge in [-0.15, -0.1) is 11.3 Å². The van der Waals surface area contributed by atoms with Gasteiger partial charge in [0.1, 0.15) is 5.58 Å². The fourth-order valence-electron chi connectivity index (χ4n) is 11.7. The van der Waals surface area contributed by atoms with Gasteiger partial charge < -0.3 is 23.7 Å². The van der Waals surface area contributed by atoms with Crippen molar-refractivity contribution in [3.63, 3.8) is 0 Å². The summed E-state index contributed by atoms with van der Waals surface area (Å²) in [6.07, 6.45) is 0. The normalized spacial score (nSPS) is 13.5. The number of anilines is 9. The second kappa shape index (κ2) is 13.3. The molecule has 67 heavy (non-hydrogen) atoms. The first-order valence-corrected chi connectivity index (χ1v) is 24.0. The molecule has 0 aliphatic carbocycles. The van der Waals surface area contributed by atoms with Crippen molar-refractivity contribution >= 4 is 139 Å². The fraction of sp³-hybridized carbons (Fsp3) is 0.0667. The maximum atomic E-state index is 7.02. The highest BCUT2D eigenvalue weighted by Crippen LogP contribution is 2.56. The molecule has 0 N–H and O–H groups in total. The van der Waals surface area contributed by atoms with E-state index in [0.717, 1.165) is 50.4 Å². The third-order valence-corrected chi connectivity index (χ3v) is 15.8. The zero-order valence-corrected chi connectivity index (χ0v) is 38.0. The number of thiophene rings is 1. The van der Waals surface area contributed by atoms with E-state index < -0.39 is 0 Å². The average molecular weight is 877 g/mol. The number of para-hydroxylation sites is 7. The minimum atomic E-state index is -0.0497. The van der Waals surface area contributed by atoms with E-state index in [2.05, 4.69) is 234 Å². The minimum Gasteiger partial charge on any atom is -0.454 e. The van der Waals surface area contributed by atoms with Crippen LogP contribution in [0.4, 0.5) is 51.2 Å². The molecule has 9 aromatic carbocycles. The van der Waals surface area contributed by atoms with E-state index in [1.54, 1.807) is 0 Å². The summed E-state index contributed by atoms with van der Waals surface area (Å²) in [7, 11) is 0. The van der Waals surface area contributed by atoms with Crippen LogP contribution in [-0.4, -0.2) is 11.3 Å². The number of furan rings is 1. The van der Waals surface area contributed by atoms with Gasteiger partial charge in [0.2, 0.25) is 0 Å². The average Bonchev–Trinajstić information content (AvgIpc) is 4.04. The molecule has 316 valence electrons. The molecule has 6 heterocycles. The minimum absolute atomic E-state index is 0.0481. The maximum Gasteiger partial charge on any atom is 0.264 e. The number of aromatic nitrogens is 1. The van der Waals surface area contributed by atoms with Gasteiger partial charge >= 0.3 is 0 Å². The Morgan fingerprint density at radius 2 is 1.12 bits per heavy atom. The van der Waals surface area contributed by atoms with E-state index in [-0.39, 0.29) is 12.1 Å². The predicted octanol–water partition coefficient (Wildman–Crippen LogP) is 15.1. The molecule has 3 aromatic heterocycles. The van der Waals surface area contributed by atoms with Crippen molar-refractivity contribution in [1.82, 2.24) is 4.57 Å². The van der Waals surface area contributed by atoms with Gasteiger partial charge in [-0.1, -0.05) is 136 Å². The van der Waals surface area contributed by atoms with Gasteiger partial charge in [-0.25, -0.2) is 0 Å². The van der Waals surface area contributed by atoms with Gasteiger partial charge in [0.25, 0.3) is 6.71 Å². The van der Waals surface area contributed by atoms with Gasteiger partial charge in [-0.05, 0) is 101 Å². The second-order valence-electron chi connectivity index (χ2n) is 19.3. The molecule has 15 rings (SSSR count). The summed E-state index contributed by atoms with van der Waals surface area (Å²) in [6, 6.07) is 71.7. The van der Waals surface area contributed by atoms with Crippen molar-refractivity contribution in [2.45, 2.75) is 26.2 Å². The number of nitrogens with zero attached hydrogens (tertiary/aromatic N) is 4. The van der Waals surface area contributed by atoms with Crippen LogP contribution >= 0.6 is 11.3 Å². The highest BCUT2D eigenvalue weighted by molar-refractivity contribution is 7.33. The molecule has 7 heteroatoms. The smallest absolute Gasteiger partial charge is 0.264 e. The summed E-state index contributed by atoms with van der Waals surface area (Å²) in [5.41, 5.74) is 19.5. The molecular weight excluding hydrogens is 836 g/mol. The second-order valence-corrected chi connectivity index (χ2v) is 20.4. The molecule has 0 fully saturated rings. The van der Waals surface area contributed by atoms with Gasteiger partial charge in [0.05, 0.1) is 45.2 Å². The van der Waals surface area contributed by atoms with Gasteiger partial charge in [0.15, 0.2) is 5.58 Å². The summed E-state index contributed by atoms with van der Waals surface area (Å²) < 4.78 is 12.2. The first kappa shape index (κ1) is 37.2. The van der Waals surface area contributed by atoms with Gasteiger partial charge in [0, 0.05) is 59.2 Å². The van der Waals surface area contributed by atoms with Gasteiger partial charge in [-0.3, -0.25) is 0 Å². The van der Waals surface area contributed by atoms with Crippen LogP contribution in [0.2, 0.25) is 0 Å². The standard InChI is InChI=1S/C60H41BN4OS/c1-60(2,3)36-31-32-53-44(33-36)56-59(67-53)61-45-25-16-28-48-57(45)64(47-27-14-23-42-40-21-10-12-26-46(40)63(48)55(42)47)50-34-39(62(37-17-6-4-7-18-37)38-19-8-5-9-20-38)35-51(54(50)61)65(56)49-29-15-24-43-41-22-11-13-30-52(41)66-58(43)49/h4-35H,1-3H3. The molecule has 0 spiro atoms. The first-order chi connectivity index (χ1) is 32.9. The van der Waals surface area contributed by atoms with Crippen LogP contribution in [-0.2, 0) is 5.41 Å². The van der Waals surface area contributed by atoms with E-state index in [4.69, 9.17) is 4.42 Å². The molecule has 0 atom stereocenters. The Balaban J connectivity index is 1.14. The first-order valence-electron chi connectivity index (χ1n) is 23.2. The largest absolute Gasteiger partial charge is 0.454 e. The maximum absolute atomic E-state index is 7.02. The van der Waals surface area contributed by atoms with Crippen molar-refractivity contribution in [3.05, 3.63) is 200 Å². The highest BCUT2D eigenvalue weighted by Gasteiger charge is 2.48. The van der Waals surface area contributed by atoms with E-state index in [0.29, 0.717) is 0 Å². The van der Waals surface area contributed by atoms with Gasteiger partial charge in [-0.2, -0.15) is 0 Å². The van der Waals surface area contributed by atoms with Crippen molar-refractivity contribution in [3.8, 4) is 5.69 Å². The number of rotatable bonds is 4. The van der Waals surface area contributed by atoms with Crippen LogP contribution in [0.25, 0.3) is 59.5 Å². The topological polar surface area (TPSA) is 27.8 Å². The lowest BCUT2D eigenvalue weighted by molar-refractivity contribution is 0.591. The Kier molecular flexibility index (Phi) is 7.40. The van der Waals surface area contributed by atoms with Crippen LogP contribution in [0, 0.1) is 0 Å². The third-order valence-electron chi connectivity index (χ3n) is 14.6. The quantitative estimate of drug-likeness (QED) is 0.165. The molecular formula is C60H41BN4OS. The van der Waals surface area contributed by atoms with E-state index >= 15 is 0 Å². The van der Waals surface area contributed by atoms with Crippen LogP contribution < -0.4 is 30.4 Å². The van der Waals surface area contributed by atoms with Crippen molar-refractivity contribution < 1.29 is 4.42 Å². The fourth-order valence-corrected chi connectivity index (χ4v) is 13.0. The molecule has 0 unspecified atom stereocenters. The summed E-state index contributed by atoms with van der Waals surface area (Å²) >= 11 is 1.94. The van der Waals surface area contributed by atoms with Crippen molar-refractivity contribution in [2.75, 3.05) is 14.7 Å². The summed E-state index contributed by atoms with van der Waals surface area (Å²) in [5, 5.41) is 6.01. The van der Waals surface area contributed by atoms with Crippen LogP contribution in [0.5, 0.6) is 0 Å². The molecule has 3 aliphatic rings. The zero-order chi connectivity index (χ0) is 44.3. The Morgan fingerprint density at radius 3 is 1.88 bits per heavy atom. The molecule has 12 aromatic rings. The number of hydrogen-bond acceptors (Lipinski definition) is 5. The third kappa shape index (κ3) is 4.99. The van der Waals surface area contributed by atoms with Crippen molar-refractivity contribution in [2.24, 2.45) is 0 Å². The zero-order valence-electron chi connectivity index (χ0n) is 37.2. The lowest BCUT2D eigenvalue weighted by Gasteiger charge is -2.46. The Morgan fingerprint density at radius 1 is 0.493 bits per heavy atom. The predicted molar refractivity (Wildman–Crippen MR) is 284 cm³/mol. The van der Waals surface area contributed by atoms with Crippen molar-refractivity contribution in [1.29, 1.82) is 0 Å². The molecule has 0 radical (unpaired) electrons. The number of fused-ring (bicyclic) bond motifs is 14. The number of hydrogen-bond donors (Lipinski definition) is 0. The SMILES string of the molecule is CC(C)(C)c1ccc2sc3c(c2c1)N(c1cccc2c1oc1ccccc12)c1cc(N(c2ccccc2)c2ccccc2)cc2c1B3c1cccc3c1N2c1cccc2c4ccccc4n-3c12. The monoisotopic (exact) mass is 876 g/mol. The summed E-state index contributed by atoms with van der Waals surface area (Å²) in [4.78, 5) is 7.61. The summed E-state index contributed by atoms with van der Waals surface area (Å²) in [6.45, 7) is 6.91. The van der Waals surface area contributed by atoms with Crippen LogP contribution in [0.3, 0.4) is 0 Å². The van der Waals surface area contributed by atoms with Crippen LogP contribution in [0.1, 0.15) is 26.3 Å². The Hall–Kier alpha value is -8.00. The Bertz CT molecular complexity index is 4030. The lowest BCUT2D eigenvalue weighted by Crippen LogP contribution is -2.61. The van der Waals surface area contributed by atoms with E-state index in [9.17, 15) is 0 Å². The molecule has 0 amide bonds. The molecule has 3 aliphatic heterocycles. The molecule has 5 nitrogen and oxygen atoms in total. The molecule has 0 saturated heterocycles. The summed E-state index contributed by atoms with van der Waals surface area (Å²) in [5.74, 6) is 0. The van der Waals surface area contributed by atoms with Crippen LogP contribution in [0.15, 0.2) is 199 Å². The number of benzene rings is 9. The Labute approximate surface area is 392 Å². The molecule has 0 saturated carbocycles. The van der Waals surface area contributed by atoms with E-state index in [1.807, 2.05) is 11.3 Å². The lowest BCUT2D eigenvalue weighted by atomic mass is 9.36. The highest BCUT2D eigenvalue weighted by atomic mass is 32.1. The molecule has 0 bridgehead atoms.